The van der Waals surface area contributed by atoms with E-state index >= 15 is 0 Å². The lowest BCUT2D eigenvalue weighted by molar-refractivity contribution is 0.354. The molecule has 1 N–H and O–H groups in total. The van der Waals surface area contributed by atoms with Crippen LogP contribution in [0.3, 0.4) is 0 Å². The summed E-state index contributed by atoms with van der Waals surface area (Å²) in [6.45, 7) is 1.50. The Morgan fingerprint density at radius 3 is 3.15 bits per heavy atom. The first kappa shape index (κ1) is 12.6. The van der Waals surface area contributed by atoms with Gasteiger partial charge in [-0.25, -0.2) is 4.98 Å². The number of hydrogen-bond donors (Lipinski definition) is 1. The van der Waals surface area contributed by atoms with Crippen LogP contribution in [-0.4, -0.2) is 16.0 Å². The number of ether oxygens (including phenoxy) is 1. The van der Waals surface area contributed by atoms with Crippen LogP contribution in [-0.2, 0) is 13.0 Å². The van der Waals surface area contributed by atoms with Crippen molar-refractivity contribution in [3.8, 4) is 5.75 Å². The van der Waals surface area contributed by atoms with E-state index in [9.17, 15) is 0 Å². The molecular weight excluding hydrogens is 338 g/mol. The molecule has 1 aliphatic carbocycles. The van der Waals surface area contributed by atoms with E-state index in [1.807, 2.05) is 0 Å². The molecule has 0 radical (unpaired) electrons. The molecule has 0 spiro atoms. The van der Waals surface area contributed by atoms with Gasteiger partial charge >= 0.3 is 0 Å². The minimum Gasteiger partial charge on any atom is -0.493 e. The number of aromatic nitrogens is 2. The number of rotatable bonds is 4. The van der Waals surface area contributed by atoms with Gasteiger partial charge in [0.15, 0.2) is 0 Å². The fourth-order valence-corrected chi connectivity index (χ4v) is 3.66. The van der Waals surface area contributed by atoms with Crippen molar-refractivity contribution in [2.45, 2.75) is 31.7 Å². The molecule has 0 unspecified atom stereocenters. The Morgan fingerprint density at radius 2 is 2.30 bits per heavy atom. The van der Waals surface area contributed by atoms with Crippen LogP contribution in [0.4, 0.5) is 5.13 Å². The minimum atomic E-state index is 0.611. The standard InChI is InChI=1S/C14H14BrN3OS/c15-11-5-9-3-4-19-12(9)10(6-11)7-16-14-17-13(18-20-14)8-1-2-8/h5-6,8H,1-4,7H2,(H,16,17,18). The molecule has 1 aromatic carbocycles. The minimum absolute atomic E-state index is 0.611. The Labute approximate surface area is 129 Å². The molecule has 0 atom stereocenters. The van der Waals surface area contributed by atoms with Crippen molar-refractivity contribution in [1.29, 1.82) is 0 Å². The largest absolute Gasteiger partial charge is 0.493 e. The average molecular weight is 352 g/mol. The Balaban J connectivity index is 1.51. The summed E-state index contributed by atoms with van der Waals surface area (Å²) in [5, 5.41) is 4.27. The molecule has 1 aromatic heterocycles. The van der Waals surface area contributed by atoms with Crippen LogP contribution < -0.4 is 10.1 Å². The molecule has 4 nitrogen and oxygen atoms in total. The topological polar surface area (TPSA) is 47.0 Å². The lowest BCUT2D eigenvalue weighted by Crippen LogP contribution is -2.01. The first-order valence-corrected chi connectivity index (χ1v) is 8.38. The second-order valence-electron chi connectivity index (χ2n) is 5.24. The van der Waals surface area contributed by atoms with E-state index in [0.717, 1.165) is 40.8 Å². The normalized spacial score (nSPS) is 16.9. The molecule has 6 heteroatoms. The van der Waals surface area contributed by atoms with Gasteiger partial charge < -0.3 is 10.1 Å². The Morgan fingerprint density at radius 1 is 1.40 bits per heavy atom. The maximum Gasteiger partial charge on any atom is 0.202 e. The summed E-state index contributed by atoms with van der Waals surface area (Å²) in [6.07, 6.45) is 3.47. The van der Waals surface area contributed by atoms with Crippen LogP contribution in [0.1, 0.15) is 35.7 Å². The Hall–Kier alpha value is -1.14. The number of nitrogens with one attached hydrogen (secondary N) is 1. The highest BCUT2D eigenvalue weighted by Gasteiger charge is 2.27. The molecule has 0 saturated heterocycles. The van der Waals surface area contributed by atoms with Crippen molar-refractivity contribution in [2.75, 3.05) is 11.9 Å². The summed E-state index contributed by atoms with van der Waals surface area (Å²) in [7, 11) is 0. The molecule has 2 aliphatic rings. The monoisotopic (exact) mass is 351 g/mol. The van der Waals surface area contributed by atoms with Gasteiger partial charge in [0.1, 0.15) is 11.6 Å². The zero-order valence-electron chi connectivity index (χ0n) is 10.9. The number of nitrogens with zero attached hydrogens (tertiary/aromatic N) is 2. The van der Waals surface area contributed by atoms with Gasteiger partial charge in [-0.05, 0) is 30.5 Å². The molecule has 104 valence electrons. The number of fused-ring (bicyclic) bond motifs is 1. The SMILES string of the molecule is Brc1cc2c(c(CNc3nc(C4CC4)ns3)c1)OCC2. The van der Waals surface area contributed by atoms with E-state index in [-0.39, 0.29) is 0 Å². The van der Waals surface area contributed by atoms with Crippen LogP contribution in [0.25, 0.3) is 0 Å². The molecule has 0 amide bonds. The molecule has 0 bridgehead atoms. The third-order valence-electron chi connectivity index (χ3n) is 3.64. The molecule has 20 heavy (non-hydrogen) atoms. The van der Waals surface area contributed by atoms with E-state index in [4.69, 9.17) is 4.74 Å². The van der Waals surface area contributed by atoms with E-state index in [2.05, 4.69) is 42.7 Å². The van der Waals surface area contributed by atoms with Crippen molar-refractivity contribution in [3.63, 3.8) is 0 Å². The van der Waals surface area contributed by atoms with Crippen LogP contribution in [0.5, 0.6) is 5.75 Å². The maximum atomic E-state index is 5.73. The van der Waals surface area contributed by atoms with Gasteiger partial charge in [0.25, 0.3) is 0 Å². The van der Waals surface area contributed by atoms with Crippen LogP contribution >= 0.6 is 27.5 Å². The highest BCUT2D eigenvalue weighted by molar-refractivity contribution is 9.10. The maximum absolute atomic E-state index is 5.73. The lowest BCUT2D eigenvalue weighted by Gasteiger charge is -2.09. The molecule has 2 aromatic rings. The number of halogens is 1. The molecule has 1 saturated carbocycles. The summed E-state index contributed by atoms with van der Waals surface area (Å²) >= 11 is 5.01. The number of hydrogen-bond acceptors (Lipinski definition) is 5. The zero-order chi connectivity index (χ0) is 13.5. The van der Waals surface area contributed by atoms with E-state index in [0.29, 0.717) is 5.92 Å². The summed E-state index contributed by atoms with van der Waals surface area (Å²) in [6, 6.07) is 4.25. The van der Waals surface area contributed by atoms with Gasteiger partial charge in [-0.2, -0.15) is 4.37 Å². The van der Waals surface area contributed by atoms with Gasteiger partial charge in [0.2, 0.25) is 5.13 Å². The molecule has 1 fully saturated rings. The van der Waals surface area contributed by atoms with E-state index in [1.165, 1.54) is 35.5 Å². The highest BCUT2D eigenvalue weighted by Crippen LogP contribution is 2.39. The molecule has 4 rings (SSSR count). The summed E-state index contributed by atoms with van der Waals surface area (Å²) < 4.78 is 11.2. The van der Waals surface area contributed by atoms with E-state index < -0.39 is 0 Å². The van der Waals surface area contributed by atoms with Crippen molar-refractivity contribution < 1.29 is 4.74 Å². The second-order valence-corrected chi connectivity index (χ2v) is 6.90. The second kappa shape index (κ2) is 5.00. The third kappa shape index (κ3) is 2.42. The summed E-state index contributed by atoms with van der Waals surface area (Å²) in [5.41, 5.74) is 2.46. The van der Waals surface area contributed by atoms with Crippen LogP contribution in [0.15, 0.2) is 16.6 Å². The summed E-state index contributed by atoms with van der Waals surface area (Å²) in [4.78, 5) is 4.55. The third-order valence-corrected chi connectivity index (χ3v) is 4.78. The molecular formula is C14H14BrN3OS. The van der Waals surface area contributed by atoms with Gasteiger partial charge in [0.05, 0.1) is 6.61 Å². The molecule has 2 heterocycles. The predicted octanol–water partition coefficient (Wildman–Crippen LogP) is 3.73. The first-order chi connectivity index (χ1) is 9.79. The smallest absolute Gasteiger partial charge is 0.202 e. The van der Waals surface area contributed by atoms with Crippen LogP contribution in [0, 0.1) is 0 Å². The highest BCUT2D eigenvalue weighted by atomic mass is 79.9. The Kier molecular flexibility index (Phi) is 3.15. The van der Waals surface area contributed by atoms with Gasteiger partial charge in [-0.1, -0.05) is 15.9 Å². The van der Waals surface area contributed by atoms with Gasteiger partial charge in [-0.15, -0.1) is 0 Å². The van der Waals surface area contributed by atoms with Crippen molar-refractivity contribution in [2.24, 2.45) is 0 Å². The fourth-order valence-electron chi connectivity index (χ4n) is 2.46. The van der Waals surface area contributed by atoms with E-state index in [1.54, 1.807) is 0 Å². The summed E-state index contributed by atoms with van der Waals surface area (Å²) in [5.74, 6) is 2.65. The van der Waals surface area contributed by atoms with Crippen molar-refractivity contribution in [3.05, 3.63) is 33.6 Å². The van der Waals surface area contributed by atoms with Crippen molar-refractivity contribution >= 4 is 32.6 Å². The number of anilines is 1. The first-order valence-electron chi connectivity index (χ1n) is 6.81. The Bertz CT molecular complexity index is 654. The average Bonchev–Trinajstić information content (AvgIpc) is 2.99. The quantitative estimate of drug-likeness (QED) is 0.911. The lowest BCUT2D eigenvalue weighted by atomic mass is 10.1. The molecule has 1 aliphatic heterocycles. The fraction of sp³-hybridized carbons (Fsp3) is 0.429. The van der Waals surface area contributed by atoms with Crippen molar-refractivity contribution in [1.82, 2.24) is 9.36 Å². The predicted molar refractivity (Wildman–Crippen MR) is 82.6 cm³/mol. The number of benzene rings is 1. The van der Waals surface area contributed by atoms with Gasteiger partial charge in [0, 0.05) is 40.5 Å². The van der Waals surface area contributed by atoms with Gasteiger partial charge in [-0.3, -0.25) is 0 Å². The zero-order valence-corrected chi connectivity index (χ0v) is 13.3. The van der Waals surface area contributed by atoms with Crippen LogP contribution in [0.2, 0.25) is 0 Å².